The number of methoxy groups -OCH3 is 4. The summed E-state index contributed by atoms with van der Waals surface area (Å²) in [6, 6.07) is 29.4. The minimum Gasteiger partial charge on any atom is -0.453 e. The number of amides is 8. The second-order valence-corrected chi connectivity index (χ2v) is 30.5. The average molecular weight is 1660 g/mol. The number of aromatic amines is 4. The fraction of sp³-hybridized carbons (Fsp3) is 0.442. The Labute approximate surface area is 687 Å². The van der Waals surface area contributed by atoms with E-state index in [1.54, 1.807) is 33.3 Å². The second-order valence-electron chi connectivity index (χ2n) is 29.6. The molecule has 116 heavy (non-hydrogen) atoms. The summed E-state index contributed by atoms with van der Waals surface area (Å²) in [6.07, 6.45) is 16.4. The number of ether oxygens (including phenoxy) is 4. The van der Waals surface area contributed by atoms with E-state index in [1.165, 1.54) is 28.4 Å². The Morgan fingerprint density at radius 1 is 0.431 bits per heavy atom. The van der Waals surface area contributed by atoms with Crippen LogP contribution in [0.5, 0.6) is 0 Å². The zero-order chi connectivity index (χ0) is 83.9. The normalized spacial score (nSPS) is 17.2. The first-order valence-corrected chi connectivity index (χ1v) is 39.2. The van der Waals surface area contributed by atoms with Crippen LogP contribution >= 0.6 is 15.9 Å². The van der Waals surface area contributed by atoms with Crippen LogP contribution in [0.25, 0.3) is 44.8 Å². The molecule has 8 atom stereocenters. The zero-order valence-electron chi connectivity index (χ0n) is 68.0. The maximum absolute atomic E-state index is 13.5. The Kier molecular flexibility index (Phi) is 32.3. The Morgan fingerprint density at radius 2 is 0.690 bits per heavy atom. The third kappa shape index (κ3) is 22.6. The van der Waals surface area contributed by atoms with Crippen LogP contribution in [0.4, 0.5) is 23.6 Å². The molecule has 0 saturated carbocycles. The third-order valence-corrected chi connectivity index (χ3v) is 21.2. The summed E-state index contributed by atoms with van der Waals surface area (Å²) in [5, 5.41) is 10.7. The number of alkyl halides is 1. The standard InChI is InChI=1S/C42H50N8O6.C26H29BrN4O3.C16H22N4O3.CH3F.CH4/c1-25(2)35(47-41(53)55-5)39(51)49-21-7-9-33(49)37-43-23-31(45-37)20-13-27-11-14-28(15-12-27)29-16-18-30(19-17-29)32-24-44-38(46-32)34-10-8-22-50(34)40(52)36(26(3)4)48-42(54)56-6;1-16(2)23(30-26(33)34-3)25(32)31-14-4-5-22(31)24-28-15-21(29-24)19-8-6-17(7-9-19)18-10-12-20(27)13-11-18;1-5-11-9-17-14(18-11)12-7-6-8-20(12)15(21)13(10(2)3)19-16(22)23-4;1-2;/h11-12,14-19,23-26,33-36H,7-10,21-22H2,1-6H3,(H,43,45)(H,44,46)(H,47,53)(H,48,54);6-13,15-16,22-23H,4-5,14H2,1-3H3,(H,28,29)(H,30,33);1,9-10,12-13H,6-8H2,2-4H3,(H,17,18)(H,19,22);1H3;1H4/t33-,34-,35-,36-;22-,23-;12-,13-;;/m000../s1/i;;;1D;. The topological polar surface area (TPSA) is 349 Å². The van der Waals surface area contributed by atoms with E-state index < -0.39 is 55.7 Å². The van der Waals surface area contributed by atoms with Crippen molar-refractivity contribution in [3.63, 3.8) is 0 Å². The minimum atomic E-state index is -1.00. The lowest BCUT2D eigenvalue weighted by molar-refractivity contribution is -0.136. The third-order valence-electron chi connectivity index (χ3n) is 20.6. The van der Waals surface area contributed by atoms with Crippen LogP contribution in [0.2, 0.25) is 0 Å². The molecule has 8 heterocycles. The average Bonchev–Trinajstić information content (AvgIpc) is 1.70. The zero-order valence-corrected chi connectivity index (χ0v) is 68.6. The molecule has 0 unspecified atom stereocenters. The van der Waals surface area contributed by atoms with E-state index in [1.807, 2.05) is 115 Å². The number of rotatable bonds is 20. The van der Waals surface area contributed by atoms with Crippen LogP contribution in [0, 0.1) is 47.9 Å². The molecule has 0 aliphatic carbocycles. The van der Waals surface area contributed by atoms with Gasteiger partial charge in [-0.25, -0.2) is 39.1 Å². The van der Waals surface area contributed by atoms with Crippen LogP contribution in [0.15, 0.2) is 126 Å². The van der Waals surface area contributed by atoms with Crippen molar-refractivity contribution < 1.29 is 63.1 Å². The minimum absolute atomic E-state index is 0. The Hall–Kier alpha value is -11.8. The molecule has 12 rings (SSSR count). The largest absolute Gasteiger partial charge is 0.453 e. The van der Waals surface area contributed by atoms with Gasteiger partial charge in [-0.15, -0.1) is 6.42 Å². The van der Waals surface area contributed by atoms with Gasteiger partial charge in [-0.1, -0.05) is 163 Å². The van der Waals surface area contributed by atoms with Gasteiger partial charge in [0.2, 0.25) is 23.6 Å². The fourth-order valence-corrected chi connectivity index (χ4v) is 14.7. The molecule has 8 aromatic rings. The summed E-state index contributed by atoms with van der Waals surface area (Å²) < 4.78 is 35.4. The van der Waals surface area contributed by atoms with Crippen LogP contribution in [-0.2, 0) is 38.1 Å². The lowest BCUT2D eigenvalue weighted by Crippen LogP contribution is -2.51. The molecule has 28 nitrogen and oxygen atoms in total. The van der Waals surface area contributed by atoms with Gasteiger partial charge in [0, 0.05) is 36.2 Å². The highest BCUT2D eigenvalue weighted by Gasteiger charge is 2.42. The molecule has 0 bridgehead atoms. The Morgan fingerprint density at radius 3 is 0.974 bits per heavy atom. The van der Waals surface area contributed by atoms with E-state index in [0.717, 1.165) is 118 Å². The maximum atomic E-state index is 13.5. The number of carbonyl (C=O) groups is 8. The van der Waals surface area contributed by atoms with Crippen molar-refractivity contribution in [1.82, 2.24) is 80.7 Å². The van der Waals surface area contributed by atoms with E-state index in [-0.39, 0.29) is 78.9 Å². The van der Waals surface area contributed by atoms with Crippen molar-refractivity contribution in [3.05, 3.63) is 167 Å². The molecule has 4 saturated heterocycles. The molecule has 30 heteroatoms. The van der Waals surface area contributed by atoms with Crippen molar-refractivity contribution >= 4 is 63.9 Å². The van der Waals surface area contributed by atoms with Crippen molar-refractivity contribution in [3.8, 4) is 69.0 Å². The SMILES string of the molecule is C.C#Cc1cnc([C@@H]2CCCN2C(=O)[C@@H](NC(=O)OC)C(C)C)[nH]1.COC(=O)N[C@H](C(=O)N1CCC[C@H]1c1ncc(-c2ccc(-c3ccc(Br)cc3)cc2)[nH]1)C(C)C.COC(=O)N[C@H](C(=O)N1CCC[C@H]1c1ncc(C#Cc2ccc(-c3ccc(-c4cnc([C@@H]5CCCN5C(=O)[C@@H](NC(=O)OC)C(C)C)[nH]4)cc3)cc2)[nH]1)C(C)C.[2H]CF. The molecule has 4 aliphatic rings. The summed E-state index contributed by atoms with van der Waals surface area (Å²) in [4.78, 5) is 139. The number of carbonyl (C=O) groups excluding carboxylic acids is 8. The summed E-state index contributed by atoms with van der Waals surface area (Å²) in [5.74, 6) is 10.8. The van der Waals surface area contributed by atoms with E-state index in [2.05, 4.69) is 148 Å². The number of imidazole rings is 4. The van der Waals surface area contributed by atoms with Gasteiger partial charge in [0.25, 0.3) is 0 Å². The molecule has 4 aliphatic heterocycles. The molecule has 4 aromatic carbocycles. The number of halogens is 2. The van der Waals surface area contributed by atoms with E-state index in [9.17, 15) is 42.7 Å². The molecular weight excluding hydrogens is 1550 g/mol. The lowest BCUT2D eigenvalue weighted by Gasteiger charge is -2.30. The van der Waals surface area contributed by atoms with Gasteiger partial charge in [-0.2, -0.15) is 0 Å². The Balaban J connectivity index is 0.000000237. The number of hydrogen-bond donors (Lipinski definition) is 8. The van der Waals surface area contributed by atoms with E-state index in [0.29, 0.717) is 49.2 Å². The number of terminal acetylenes is 1. The van der Waals surface area contributed by atoms with Crippen molar-refractivity contribution in [2.75, 3.05) is 61.8 Å². The first-order valence-electron chi connectivity index (χ1n) is 39.1. The van der Waals surface area contributed by atoms with Crippen LogP contribution in [-0.4, -0.2) is 193 Å². The number of benzene rings is 4. The highest BCUT2D eigenvalue weighted by molar-refractivity contribution is 9.10. The number of aromatic nitrogens is 8. The number of likely N-dealkylation sites (tertiary alicyclic amines) is 4. The monoisotopic (exact) mass is 1660 g/mol. The molecule has 0 spiro atoms. The lowest BCUT2D eigenvalue weighted by atomic mass is 10.0. The van der Waals surface area contributed by atoms with Crippen LogP contribution in [0.3, 0.4) is 0 Å². The van der Waals surface area contributed by atoms with Gasteiger partial charge in [-0.3, -0.25) is 23.6 Å². The van der Waals surface area contributed by atoms with Gasteiger partial charge in [-0.05, 0) is 139 Å². The number of H-pyrrole nitrogens is 4. The molecule has 4 aromatic heterocycles. The number of hydrogen-bond acceptors (Lipinski definition) is 16. The van der Waals surface area contributed by atoms with Gasteiger partial charge in [0.05, 0.1) is 97.3 Å². The van der Waals surface area contributed by atoms with Crippen molar-refractivity contribution in [2.24, 2.45) is 23.7 Å². The predicted molar refractivity (Wildman–Crippen MR) is 443 cm³/mol. The summed E-state index contributed by atoms with van der Waals surface area (Å²) in [6.45, 7) is 17.6. The fourth-order valence-electron chi connectivity index (χ4n) is 14.4. The molecule has 8 amide bonds. The number of alkyl carbamates (subject to hydrolysis) is 4. The second kappa shape index (κ2) is 42.5. The van der Waals surface area contributed by atoms with Gasteiger partial charge in [0.15, 0.2) is 0 Å². The maximum Gasteiger partial charge on any atom is 0.407 e. The quantitative estimate of drug-likeness (QED) is 0.0260. The highest BCUT2D eigenvalue weighted by Crippen LogP contribution is 2.38. The molecule has 8 N–H and O–H groups in total. The molecular formula is C86H108BrFN16O12. The van der Waals surface area contributed by atoms with Gasteiger partial charge < -0.3 is 79.8 Å². The number of nitrogens with zero attached hydrogens (tertiary/aromatic N) is 8. The molecule has 4 fully saturated rings. The summed E-state index contributed by atoms with van der Waals surface area (Å²) >= 11 is 3.47. The summed E-state index contributed by atoms with van der Waals surface area (Å²) in [5.41, 5.74) is 10.2. The summed E-state index contributed by atoms with van der Waals surface area (Å²) in [7, 11) is 4.14. The Bertz CT molecular complexity index is 4740. The van der Waals surface area contributed by atoms with Crippen molar-refractivity contribution in [1.29, 1.82) is 0 Å². The van der Waals surface area contributed by atoms with E-state index in [4.69, 9.17) is 22.0 Å². The highest BCUT2D eigenvalue weighted by atomic mass is 79.9. The van der Waals surface area contributed by atoms with Gasteiger partial charge in [0.1, 0.15) is 58.9 Å². The predicted octanol–water partition coefficient (Wildman–Crippen LogP) is 14.2. The van der Waals surface area contributed by atoms with Crippen molar-refractivity contribution in [2.45, 2.75) is 163 Å². The first-order chi connectivity index (χ1) is 55.7. The molecule has 618 valence electrons. The van der Waals surface area contributed by atoms with Gasteiger partial charge >= 0.3 is 24.4 Å². The first kappa shape index (κ1) is 88.2. The van der Waals surface area contributed by atoms with E-state index >= 15 is 0 Å². The molecule has 0 radical (unpaired) electrons. The van der Waals surface area contributed by atoms with Crippen LogP contribution < -0.4 is 21.3 Å². The smallest absolute Gasteiger partial charge is 0.407 e. The number of nitrogens with one attached hydrogen (secondary N) is 8. The van der Waals surface area contributed by atoms with Crippen LogP contribution in [0.1, 0.15) is 180 Å².